The van der Waals surface area contributed by atoms with Crippen molar-refractivity contribution < 1.29 is 35.2 Å². The quantitative estimate of drug-likeness (QED) is 0.594. The first-order valence-corrected chi connectivity index (χ1v) is 9.61. The number of halogens is 4. The van der Waals surface area contributed by atoms with Gasteiger partial charge < -0.3 is 9.26 Å². The highest BCUT2D eigenvalue weighted by Gasteiger charge is 2.34. The second kappa shape index (κ2) is 7.84. The number of hydrogen-bond acceptors (Lipinski definition) is 5. The molecule has 0 aliphatic rings. The lowest BCUT2D eigenvalue weighted by Gasteiger charge is -2.12. The van der Waals surface area contributed by atoms with Crippen LogP contribution in [0.4, 0.5) is 17.6 Å². The van der Waals surface area contributed by atoms with Crippen molar-refractivity contribution in [2.24, 2.45) is 0 Å². The number of rotatable bonds is 6. The van der Waals surface area contributed by atoms with Crippen molar-refractivity contribution in [3.05, 3.63) is 65.6 Å². The van der Waals surface area contributed by atoms with E-state index in [0.29, 0.717) is 17.4 Å². The normalized spacial score (nSPS) is 12.2. The highest BCUT2D eigenvalue weighted by Crippen LogP contribution is 2.30. The van der Waals surface area contributed by atoms with Crippen LogP contribution in [0.15, 0.2) is 57.9 Å². The van der Waals surface area contributed by atoms with E-state index in [1.807, 2.05) is 6.07 Å². The van der Waals surface area contributed by atoms with E-state index in [0.717, 1.165) is 17.7 Å². The fourth-order valence-corrected chi connectivity index (χ4v) is 3.61. The van der Waals surface area contributed by atoms with Crippen molar-refractivity contribution in [2.45, 2.75) is 24.7 Å². The van der Waals surface area contributed by atoms with E-state index in [1.54, 1.807) is 31.2 Å². The fraction of sp³-hybridized carbons (Fsp3) is 0.167. The molecule has 0 aliphatic heterocycles. The Morgan fingerprint density at radius 3 is 2.45 bits per heavy atom. The highest BCUT2D eigenvalue weighted by molar-refractivity contribution is 7.89. The maximum Gasteiger partial charge on any atom is 0.573 e. The lowest BCUT2D eigenvalue weighted by atomic mass is 10.1. The standard InChI is InChI=1S/C18H14F4N2O4S/c1-11-13(24-28-17(11)12-6-3-2-4-7-12)10-23-29(25,26)15-9-5-8-14(16(15)19)27-18(20,21)22/h2-9,23H,10H2,1H3. The van der Waals surface area contributed by atoms with E-state index in [9.17, 15) is 26.0 Å². The molecule has 0 spiro atoms. The number of nitrogens with one attached hydrogen (secondary N) is 1. The predicted octanol–water partition coefficient (Wildman–Crippen LogP) is 4.17. The number of benzene rings is 2. The van der Waals surface area contributed by atoms with Crippen LogP contribution < -0.4 is 9.46 Å². The minimum atomic E-state index is -5.16. The zero-order chi connectivity index (χ0) is 21.2. The number of ether oxygens (including phenoxy) is 1. The van der Waals surface area contributed by atoms with E-state index >= 15 is 0 Å². The number of sulfonamides is 1. The predicted molar refractivity (Wildman–Crippen MR) is 93.8 cm³/mol. The van der Waals surface area contributed by atoms with Crippen LogP contribution in [0.3, 0.4) is 0 Å². The SMILES string of the molecule is Cc1c(CNS(=O)(=O)c2cccc(OC(F)(F)F)c2F)noc1-c1ccccc1. The lowest BCUT2D eigenvalue weighted by molar-refractivity contribution is -0.275. The number of hydrogen-bond donors (Lipinski definition) is 1. The molecular weight excluding hydrogens is 416 g/mol. The molecule has 3 rings (SSSR count). The van der Waals surface area contributed by atoms with Crippen LogP contribution in [0.1, 0.15) is 11.3 Å². The molecule has 3 aromatic rings. The van der Waals surface area contributed by atoms with Gasteiger partial charge in [-0.2, -0.15) is 0 Å². The molecule has 1 heterocycles. The van der Waals surface area contributed by atoms with Crippen molar-refractivity contribution >= 4 is 10.0 Å². The van der Waals surface area contributed by atoms with Gasteiger partial charge in [0.1, 0.15) is 10.6 Å². The van der Waals surface area contributed by atoms with E-state index in [1.165, 1.54) is 0 Å². The van der Waals surface area contributed by atoms with Crippen LogP contribution in [-0.4, -0.2) is 19.9 Å². The molecule has 0 saturated heterocycles. The molecule has 6 nitrogen and oxygen atoms in total. The van der Waals surface area contributed by atoms with Crippen LogP contribution in [0.5, 0.6) is 5.75 Å². The van der Waals surface area contributed by atoms with Gasteiger partial charge in [0.2, 0.25) is 10.0 Å². The van der Waals surface area contributed by atoms with Gasteiger partial charge in [0.25, 0.3) is 0 Å². The summed E-state index contributed by atoms with van der Waals surface area (Å²) in [6.45, 7) is 1.31. The smallest absolute Gasteiger partial charge is 0.403 e. The lowest BCUT2D eigenvalue weighted by Crippen LogP contribution is -2.25. The Morgan fingerprint density at radius 2 is 1.79 bits per heavy atom. The molecule has 1 aromatic heterocycles. The second-order valence-electron chi connectivity index (χ2n) is 5.89. The van der Waals surface area contributed by atoms with Gasteiger partial charge in [-0.05, 0) is 19.1 Å². The van der Waals surface area contributed by atoms with Gasteiger partial charge in [-0.25, -0.2) is 17.5 Å². The molecule has 11 heteroatoms. The molecule has 29 heavy (non-hydrogen) atoms. The topological polar surface area (TPSA) is 81.4 Å². The Hall–Kier alpha value is -2.92. The van der Waals surface area contributed by atoms with Crippen molar-refractivity contribution in [3.8, 4) is 17.1 Å². The maximum atomic E-state index is 14.3. The fourth-order valence-electron chi connectivity index (χ4n) is 2.54. The molecule has 2 aromatic carbocycles. The zero-order valence-corrected chi connectivity index (χ0v) is 15.6. The first-order valence-electron chi connectivity index (χ1n) is 8.13. The molecule has 0 fully saturated rings. The zero-order valence-electron chi connectivity index (χ0n) is 14.8. The average molecular weight is 430 g/mol. The summed E-state index contributed by atoms with van der Waals surface area (Å²) in [5.74, 6) is -2.46. The summed E-state index contributed by atoms with van der Waals surface area (Å²) in [5.41, 5.74) is 1.54. The minimum Gasteiger partial charge on any atom is -0.403 e. The van der Waals surface area contributed by atoms with Gasteiger partial charge >= 0.3 is 6.36 Å². The third kappa shape index (κ3) is 4.74. The van der Waals surface area contributed by atoms with Gasteiger partial charge in [-0.3, -0.25) is 0 Å². The number of nitrogens with zero attached hydrogens (tertiary/aromatic N) is 1. The molecule has 1 N–H and O–H groups in total. The van der Waals surface area contributed by atoms with Gasteiger partial charge in [0, 0.05) is 11.1 Å². The summed E-state index contributed by atoms with van der Waals surface area (Å²) < 4.78 is 86.9. The van der Waals surface area contributed by atoms with Crippen molar-refractivity contribution in [2.75, 3.05) is 0 Å². The summed E-state index contributed by atoms with van der Waals surface area (Å²) in [7, 11) is -4.49. The van der Waals surface area contributed by atoms with E-state index < -0.39 is 32.8 Å². The van der Waals surface area contributed by atoms with E-state index in [-0.39, 0.29) is 12.2 Å². The third-order valence-electron chi connectivity index (χ3n) is 3.93. The number of aromatic nitrogens is 1. The summed E-state index contributed by atoms with van der Waals surface area (Å²) in [4.78, 5) is -0.983. The van der Waals surface area contributed by atoms with Gasteiger partial charge in [-0.1, -0.05) is 41.6 Å². The Morgan fingerprint density at radius 1 is 1.10 bits per heavy atom. The molecule has 0 bridgehead atoms. The molecule has 0 saturated carbocycles. The van der Waals surface area contributed by atoms with Gasteiger partial charge in [0.05, 0.1) is 6.54 Å². The summed E-state index contributed by atoms with van der Waals surface area (Å²) in [6.07, 6.45) is -5.16. The highest BCUT2D eigenvalue weighted by atomic mass is 32.2. The average Bonchev–Trinajstić information content (AvgIpc) is 3.02. The van der Waals surface area contributed by atoms with Crippen LogP contribution in [0, 0.1) is 12.7 Å². The summed E-state index contributed by atoms with van der Waals surface area (Å²) in [5, 5.41) is 3.81. The van der Waals surface area contributed by atoms with Crippen molar-refractivity contribution in [1.82, 2.24) is 9.88 Å². The van der Waals surface area contributed by atoms with Crippen LogP contribution in [0.25, 0.3) is 11.3 Å². The molecule has 154 valence electrons. The number of alkyl halides is 3. The van der Waals surface area contributed by atoms with Crippen LogP contribution in [0.2, 0.25) is 0 Å². The molecule has 0 unspecified atom stereocenters. The monoisotopic (exact) mass is 430 g/mol. The van der Waals surface area contributed by atoms with Crippen molar-refractivity contribution in [3.63, 3.8) is 0 Å². The summed E-state index contributed by atoms with van der Waals surface area (Å²) >= 11 is 0. The minimum absolute atomic E-state index is 0.246. The second-order valence-corrected chi connectivity index (χ2v) is 7.63. The van der Waals surface area contributed by atoms with Gasteiger partial charge in [-0.15, -0.1) is 13.2 Å². The van der Waals surface area contributed by atoms with E-state index in [2.05, 4.69) is 14.6 Å². The van der Waals surface area contributed by atoms with Gasteiger partial charge in [0.15, 0.2) is 17.3 Å². The molecule has 0 amide bonds. The Kier molecular flexibility index (Phi) is 5.62. The third-order valence-corrected chi connectivity index (χ3v) is 5.35. The molecule has 0 radical (unpaired) electrons. The molecule has 0 aliphatic carbocycles. The molecular formula is C18H14F4N2O4S. The van der Waals surface area contributed by atoms with Crippen molar-refractivity contribution in [1.29, 1.82) is 0 Å². The Labute approximate surface area is 163 Å². The Balaban J connectivity index is 1.81. The van der Waals surface area contributed by atoms with E-state index in [4.69, 9.17) is 4.52 Å². The summed E-state index contributed by atoms with van der Waals surface area (Å²) in [6, 6.07) is 11.4. The largest absolute Gasteiger partial charge is 0.573 e. The Bertz CT molecular complexity index is 1110. The van der Waals surface area contributed by atoms with Crippen LogP contribution in [-0.2, 0) is 16.6 Å². The first-order chi connectivity index (χ1) is 13.6. The first kappa shape index (κ1) is 20.8. The maximum absolute atomic E-state index is 14.3. The molecule has 0 atom stereocenters. The van der Waals surface area contributed by atoms with Crippen LogP contribution >= 0.6 is 0 Å².